The number of hydrogen-bond acceptors (Lipinski definition) is 4. The zero-order valence-corrected chi connectivity index (χ0v) is 13.8. The normalized spacial score (nSPS) is 19.1. The SMILES string of the molecule is CSC1=N[C@@H](c2ccc(C)cc2)C2=C(N1)c1ccccc1C2=O. The summed E-state index contributed by atoms with van der Waals surface area (Å²) in [7, 11) is 0. The van der Waals surface area contributed by atoms with Gasteiger partial charge in [0.25, 0.3) is 0 Å². The van der Waals surface area contributed by atoms with Gasteiger partial charge in [0.2, 0.25) is 0 Å². The summed E-state index contributed by atoms with van der Waals surface area (Å²) < 4.78 is 0. The average Bonchev–Trinajstić information content (AvgIpc) is 2.88. The van der Waals surface area contributed by atoms with Crippen molar-refractivity contribution >= 4 is 28.4 Å². The maximum Gasteiger partial charge on any atom is 0.194 e. The summed E-state index contributed by atoms with van der Waals surface area (Å²) in [6.45, 7) is 2.06. The summed E-state index contributed by atoms with van der Waals surface area (Å²) in [6, 6.07) is 15.8. The maximum atomic E-state index is 12.9. The van der Waals surface area contributed by atoms with Gasteiger partial charge in [-0.2, -0.15) is 0 Å². The van der Waals surface area contributed by atoms with E-state index in [4.69, 9.17) is 4.99 Å². The first kappa shape index (κ1) is 14.3. The number of aliphatic imine (C=N–C) groups is 1. The second-order valence-corrected chi connectivity index (χ2v) is 6.53. The Bertz CT molecular complexity index is 865. The van der Waals surface area contributed by atoms with Crippen LogP contribution in [0.25, 0.3) is 5.70 Å². The van der Waals surface area contributed by atoms with Gasteiger partial charge in [0.1, 0.15) is 6.04 Å². The van der Waals surface area contributed by atoms with E-state index < -0.39 is 0 Å². The Balaban J connectivity index is 1.88. The van der Waals surface area contributed by atoms with Crippen molar-refractivity contribution in [1.82, 2.24) is 5.32 Å². The first-order valence-corrected chi connectivity index (χ1v) is 8.75. The Morgan fingerprint density at radius 2 is 1.74 bits per heavy atom. The minimum Gasteiger partial charge on any atom is -0.334 e. The van der Waals surface area contributed by atoms with E-state index in [-0.39, 0.29) is 11.8 Å². The first-order valence-electron chi connectivity index (χ1n) is 7.52. The number of hydrogen-bond donors (Lipinski definition) is 1. The van der Waals surface area contributed by atoms with Crippen LogP contribution in [0.1, 0.15) is 33.1 Å². The van der Waals surface area contributed by atoms with Gasteiger partial charge in [0.15, 0.2) is 11.0 Å². The lowest BCUT2D eigenvalue weighted by Gasteiger charge is -2.23. The summed E-state index contributed by atoms with van der Waals surface area (Å²) >= 11 is 1.57. The van der Waals surface area contributed by atoms with E-state index in [1.165, 1.54) is 5.56 Å². The van der Waals surface area contributed by atoms with Gasteiger partial charge >= 0.3 is 0 Å². The molecule has 4 heteroatoms. The van der Waals surface area contributed by atoms with E-state index in [0.717, 1.165) is 33.1 Å². The fraction of sp³-hybridized carbons (Fsp3) is 0.158. The van der Waals surface area contributed by atoms with Crippen molar-refractivity contribution in [1.29, 1.82) is 0 Å². The largest absolute Gasteiger partial charge is 0.334 e. The quantitative estimate of drug-likeness (QED) is 0.864. The first-order chi connectivity index (χ1) is 11.2. The van der Waals surface area contributed by atoms with Crippen molar-refractivity contribution < 1.29 is 4.79 Å². The number of nitrogens with one attached hydrogen (secondary N) is 1. The minimum atomic E-state index is -0.241. The zero-order valence-electron chi connectivity index (χ0n) is 13.0. The van der Waals surface area contributed by atoms with E-state index in [1.807, 2.05) is 30.5 Å². The van der Waals surface area contributed by atoms with Gasteiger partial charge in [-0.25, -0.2) is 4.99 Å². The van der Waals surface area contributed by atoms with Crippen molar-refractivity contribution in [2.45, 2.75) is 13.0 Å². The van der Waals surface area contributed by atoms with Crippen LogP contribution in [0.3, 0.4) is 0 Å². The molecular weight excluding hydrogens is 304 g/mol. The van der Waals surface area contributed by atoms with Gasteiger partial charge in [-0.15, -0.1) is 0 Å². The van der Waals surface area contributed by atoms with Crippen LogP contribution in [0.15, 0.2) is 59.1 Å². The third-order valence-electron chi connectivity index (χ3n) is 4.29. The molecule has 0 fully saturated rings. The molecule has 2 aliphatic rings. The molecule has 2 aromatic rings. The molecule has 0 bridgehead atoms. The number of nitrogens with zero attached hydrogens (tertiary/aromatic N) is 1. The Morgan fingerprint density at radius 3 is 2.43 bits per heavy atom. The molecule has 0 spiro atoms. The summed E-state index contributed by atoms with van der Waals surface area (Å²) in [5, 5.41) is 4.18. The molecule has 114 valence electrons. The highest BCUT2D eigenvalue weighted by Crippen LogP contribution is 2.42. The third-order valence-corrected chi connectivity index (χ3v) is 4.89. The van der Waals surface area contributed by atoms with Gasteiger partial charge < -0.3 is 5.32 Å². The zero-order chi connectivity index (χ0) is 16.0. The molecule has 1 aliphatic heterocycles. The number of rotatable bonds is 1. The Kier molecular flexibility index (Phi) is 3.34. The smallest absolute Gasteiger partial charge is 0.194 e. The molecule has 3 nitrogen and oxygen atoms in total. The molecule has 23 heavy (non-hydrogen) atoms. The summed E-state index contributed by atoms with van der Waals surface area (Å²) in [5.41, 5.74) is 5.67. The number of amidine groups is 1. The summed E-state index contributed by atoms with van der Waals surface area (Å²) in [6.07, 6.45) is 1.99. The predicted octanol–water partition coefficient (Wildman–Crippen LogP) is 3.97. The van der Waals surface area contributed by atoms with Gasteiger partial charge in [-0.05, 0) is 18.7 Å². The molecule has 1 aliphatic carbocycles. The van der Waals surface area contributed by atoms with Crippen LogP contribution < -0.4 is 5.32 Å². The lowest BCUT2D eigenvalue weighted by atomic mass is 9.95. The van der Waals surface area contributed by atoms with Crippen LogP contribution in [0.2, 0.25) is 0 Å². The van der Waals surface area contributed by atoms with Gasteiger partial charge in [-0.3, -0.25) is 4.79 Å². The van der Waals surface area contributed by atoms with Crippen LogP contribution in [-0.2, 0) is 0 Å². The number of ketones is 1. The molecule has 0 radical (unpaired) electrons. The molecular formula is C19H16N2OS. The number of benzene rings is 2. The predicted molar refractivity (Wildman–Crippen MR) is 95.7 cm³/mol. The highest BCUT2D eigenvalue weighted by atomic mass is 32.2. The van der Waals surface area contributed by atoms with E-state index >= 15 is 0 Å². The Morgan fingerprint density at radius 1 is 1.04 bits per heavy atom. The number of thioether (sulfide) groups is 1. The summed E-state index contributed by atoms with van der Waals surface area (Å²) in [5.74, 6) is 0.0811. The lowest BCUT2D eigenvalue weighted by molar-refractivity contribution is 0.103. The van der Waals surface area contributed by atoms with Crippen molar-refractivity contribution in [3.63, 3.8) is 0 Å². The van der Waals surface area contributed by atoms with E-state index in [9.17, 15) is 4.79 Å². The minimum absolute atomic E-state index is 0.0811. The topological polar surface area (TPSA) is 41.5 Å². The monoisotopic (exact) mass is 320 g/mol. The van der Waals surface area contributed by atoms with Crippen LogP contribution in [-0.4, -0.2) is 17.2 Å². The number of carbonyl (C=O) groups excluding carboxylic acids is 1. The number of carbonyl (C=O) groups is 1. The second kappa shape index (κ2) is 5.39. The van der Waals surface area contributed by atoms with Crippen molar-refractivity contribution in [3.8, 4) is 0 Å². The molecule has 2 aromatic carbocycles. The van der Waals surface area contributed by atoms with Crippen molar-refractivity contribution in [2.75, 3.05) is 6.26 Å². The highest BCUT2D eigenvalue weighted by molar-refractivity contribution is 8.13. The molecule has 1 atom stereocenters. The van der Waals surface area contributed by atoms with Gasteiger partial charge in [-0.1, -0.05) is 65.9 Å². The van der Waals surface area contributed by atoms with E-state index in [2.05, 4.69) is 36.5 Å². The van der Waals surface area contributed by atoms with Crippen molar-refractivity contribution in [2.24, 2.45) is 4.99 Å². The number of Topliss-reactive ketones (excluding diaryl/α,β-unsaturated/α-hetero) is 1. The molecule has 0 amide bonds. The van der Waals surface area contributed by atoms with Crippen LogP contribution >= 0.6 is 11.8 Å². The molecule has 4 rings (SSSR count). The van der Waals surface area contributed by atoms with Crippen molar-refractivity contribution in [3.05, 3.63) is 76.4 Å². The fourth-order valence-corrected chi connectivity index (χ4v) is 3.53. The Hall–Kier alpha value is -2.33. The standard InChI is InChI=1S/C19H16N2OS/c1-11-7-9-12(10-8-11)16-15-17(21-19(20-16)23-2)13-5-3-4-6-14(13)18(15)22/h3-10,16H,1-2H3,(H,20,21)/t16-/m0/s1. The van der Waals surface area contributed by atoms with Crippen LogP contribution in [0, 0.1) is 6.92 Å². The summed E-state index contributed by atoms with van der Waals surface area (Å²) in [4.78, 5) is 17.7. The van der Waals surface area contributed by atoms with Gasteiger partial charge in [0.05, 0.1) is 11.3 Å². The molecule has 1 N–H and O–H groups in total. The molecule has 0 saturated carbocycles. The van der Waals surface area contributed by atoms with E-state index in [1.54, 1.807) is 11.8 Å². The Labute approximate surface area is 139 Å². The third kappa shape index (κ3) is 2.21. The lowest BCUT2D eigenvalue weighted by Crippen LogP contribution is -2.26. The molecule has 1 heterocycles. The van der Waals surface area contributed by atoms with E-state index in [0.29, 0.717) is 0 Å². The number of fused-ring (bicyclic) bond motifs is 2. The highest BCUT2D eigenvalue weighted by Gasteiger charge is 2.37. The fourth-order valence-electron chi connectivity index (χ4n) is 3.11. The number of aryl methyl sites for hydroxylation is 1. The average molecular weight is 320 g/mol. The molecule has 0 saturated heterocycles. The second-order valence-electron chi connectivity index (χ2n) is 5.74. The van der Waals surface area contributed by atoms with Gasteiger partial charge in [0, 0.05) is 11.1 Å². The van der Waals surface area contributed by atoms with Crippen LogP contribution in [0.4, 0.5) is 0 Å². The van der Waals surface area contributed by atoms with Crippen LogP contribution in [0.5, 0.6) is 0 Å². The molecule has 0 aromatic heterocycles. The maximum absolute atomic E-state index is 12.9. The molecule has 0 unspecified atom stereocenters.